The smallest absolute Gasteiger partial charge is 0.504 e. The first-order chi connectivity index (χ1) is 11.5. The van der Waals surface area contributed by atoms with Crippen LogP contribution in [0.5, 0.6) is 11.5 Å². The maximum absolute atomic E-state index is 10.8. The summed E-state index contributed by atoms with van der Waals surface area (Å²) in [6.45, 7) is 4.31. The van der Waals surface area contributed by atoms with Crippen LogP contribution in [0.3, 0.4) is 0 Å². The topological polar surface area (TPSA) is 66.8 Å². The van der Waals surface area contributed by atoms with E-state index in [0.717, 1.165) is 62.5 Å². The number of ether oxygens (including phenoxy) is 1. The summed E-state index contributed by atoms with van der Waals surface area (Å²) in [6.07, 6.45) is 8.80. The van der Waals surface area contributed by atoms with Gasteiger partial charge in [0.25, 0.3) is 0 Å². The van der Waals surface area contributed by atoms with Gasteiger partial charge in [0.1, 0.15) is 0 Å². The normalized spacial score (nSPS) is 10.8. The molecule has 0 heterocycles. The average Bonchev–Trinajstić information content (AvgIpc) is 2.53. The molecule has 1 aromatic rings. The van der Waals surface area contributed by atoms with Gasteiger partial charge in [-0.25, -0.2) is 4.79 Å². The Balaban J connectivity index is 2.99. The molecule has 0 aliphatic rings. The molecule has 0 fully saturated rings. The lowest BCUT2D eigenvalue weighted by Crippen LogP contribution is -2.06. The summed E-state index contributed by atoms with van der Waals surface area (Å²) in [6, 6.07) is 1.41. The Morgan fingerprint density at radius 3 is 2.04 bits per heavy atom. The minimum Gasteiger partial charge on any atom is -0.504 e. The maximum Gasteiger partial charge on any atom is 0.511 e. The molecule has 0 saturated carbocycles. The zero-order valence-electron chi connectivity index (χ0n) is 14.7. The van der Waals surface area contributed by atoms with Crippen LogP contribution in [0.15, 0.2) is 6.07 Å². The summed E-state index contributed by atoms with van der Waals surface area (Å²) in [7, 11) is 0. The van der Waals surface area contributed by atoms with Crippen molar-refractivity contribution >= 4 is 17.8 Å². The zero-order chi connectivity index (χ0) is 17.9. The van der Waals surface area contributed by atoms with Crippen molar-refractivity contribution in [3.05, 3.63) is 22.2 Å². The molecular weight excluding hydrogens is 328 g/mol. The lowest BCUT2D eigenvalue weighted by molar-refractivity contribution is 0.143. The third-order valence-electron chi connectivity index (χ3n) is 4.19. The first-order valence-electron chi connectivity index (χ1n) is 8.95. The van der Waals surface area contributed by atoms with Crippen LogP contribution in [-0.2, 0) is 12.8 Å². The van der Waals surface area contributed by atoms with Crippen LogP contribution >= 0.6 is 11.6 Å². The van der Waals surface area contributed by atoms with Gasteiger partial charge in [0.2, 0.25) is 0 Å². The van der Waals surface area contributed by atoms with Gasteiger partial charge in [0, 0.05) is 16.7 Å². The van der Waals surface area contributed by atoms with Crippen molar-refractivity contribution in [3.63, 3.8) is 0 Å². The molecule has 0 amide bonds. The number of phenols is 1. The van der Waals surface area contributed by atoms with E-state index in [4.69, 9.17) is 16.7 Å². The van der Waals surface area contributed by atoms with Crippen molar-refractivity contribution in [2.45, 2.75) is 78.1 Å². The van der Waals surface area contributed by atoms with Crippen molar-refractivity contribution in [1.29, 1.82) is 0 Å². The number of halogens is 1. The largest absolute Gasteiger partial charge is 0.511 e. The number of phenolic OH excluding ortho intramolecular Hbond substituents is 1. The van der Waals surface area contributed by atoms with E-state index in [9.17, 15) is 9.90 Å². The molecule has 0 aromatic heterocycles. The summed E-state index contributed by atoms with van der Waals surface area (Å²) in [5.41, 5.74) is 1.67. The zero-order valence-corrected chi connectivity index (χ0v) is 15.5. The van der Waals surface area contributed by atoms with E-state index in [1.807, 2.05) is 0 Å². The average molecular weight is 357 g/mol. The van der Waals surface area contributed by atoms with Gasteiger partial charge in [0.15, 0.2) is 11.5 Å². The fourth-order valence-electron chi connectivity index (χ4n) is 2.87. The molecule has 0 saturated heterocycles. The Morgan fingerprint density at radius 2 is 1.54 bits per heavy atom. The second-order valence-electron chi connectivity index (χ2n) is 6.15. The Kier molecular flexibility index (Phi) is 9.62. The molecule has 0 radical (unpaired) electrons. The molecule has 0 spiro atoms. The molecule has 0 aliphatic carbocycles. The molecule has 0 aliphatic heterocycles. The van der Waals surface area contributed by atoms with E-state index < -0.39 is 6.16 Å². The summed E-state index contributed by atoms with van der Waals surface area (Å²) in [4.78, 5) is 10.8. The molecule has 1 aromatic carbocycles. The van der Waals surface area contributed by atoms with Gasteiger partial charge < -0.3 is 14.9 Å². The Bertz CT molecular complexity index is 529. The third kappa shape index (κ3) is 6.60. The predicted octanol–water partition coefficient (Wildman–Crippen LogP) is 6.35. The predicted molar refractivity (Wildman–Crippen MR) is 97.5 cm³/mol. The summed E-state index contributed by atoms with van der Waals surface area (Å²) < 4.78 is 4.67. The highest BCUT2D eigenvalue weighted by Gasteiger charge is 2.19. The van der Waals surface area contributed by atoms with Gasteiger partial charge in [-0.1, -0.05) is 64.0 Å². The molecule has 0 bridgehead atoms. The number of unbranched alkanes of at least 4 members (excludes halogenated alkanes) is 6. The van der Waals surface area contributed by atoms with Crippen LogP contribution in [0.2, 0.25) is 5.02 Å². The van der Waals surface area contributed by atoms with Crippen LogP contribution in [-0.4, -0.2) is 16.4 Å². The summed E-state index contributed by atoms with van der Waals surface area (Å²) in [5, 5.41) is 19.7. The van der Waals surface area contributed by atoms with Crippen molar-refractivity contribution in [2.75, 3.05) is 0 Å². The quantitative estimate of drug-likeness (QED) is 0.275. The van der Waals surface area contributed by atoms with E-state index in [-0.39, 0.29) is 11.5 Å². The minimum absolute atomic E-state index is 0.0738. The van der Waals surface area contributed by atoms with Gasteiger partial charge in [-0.05, 0) is 31.2 Å². The van der Waals surface area contributed by atoms with Crippen molar-refractivity contribution < 1.29 is 19.7 Å². The van der Waals surface area contributed by atoms with E-state index in [1.165, 1.54) is 12.5 Å². The van der Waals surface area contributed by atoms with E-state index in [1.54, 1.807) is 0 Å². The molecule has 5 heteroatoms. The lowest BCUT2D eigenvalue weighted by Gasteiger charge is -2.16. The van der Waals surface area contributed by atoms with E-state index >= 15 is 0 Å². The Morgan fingerprint density at radius 1 is 1.00 bits per heavy atom. The van der Waals surface area contributed by atoms with Gasteiger partial charge in [-0.15, -0.1) is 0 Å². The second kappa shape index (κ2) is 11.2. The standard InChI is InChI=1S/C19H29ClO4/c1-3-5-7-9-11-14-15(12-10-8-6-4-2)18(21)17(13-16(14)20)24-19(22)23/h13,21H,3-12H2,1-2H3,(H,22,23). The van der Waals surface area contributed by atoms with Crippen molar-refractivity contribution in [2.24, 2.45) is 0 Å². The third-order valence-corrected chi connectivity index (χ3v) is 4.52. The Labute approximate surface area is 149 Å². The molecular formula is C19H29ClO4. The van der Waals surface area contributed by atoms with E-state index in [2.05, 4.69) is 18.6 Å². The minimum atomic E-state index is -1.45. The fraction of sp³-hybridized carbons (Fsp3) is 0.632. The van der Waals surface area contributed by atoms with Crippen LogP contribution in [0.4, 0.5) is 4.79 Å². The molecule has 4 nitrogen and oxygen atoms in total. The number of rotatable bonds is 11. The van der Waals surface area contributed by atoms with Crippen LogP contribution in [0.1, 0.15) is 76.3 Å². The number of carboxylic acid groups (broad SMARTS) is 1. The number of carbonyl (C=O) groups is 1. The van der Waals surface area contributed by atoms with Gasteiger partial charge in [-0.2, -0.15) is 0 Å². The first-order valence-corrected chi connectivity index (χ1v) is 9.33. The van der Waals surface area contributed by atoms with Crippen molar-refractivity contribution in [3.8, 4) is 11.5 Å². The summed E-state index contributed by atoms with van der Waals surface area (Å²) >= 11 is 6.36. The van der Waals surface area contributed by atoms with Crippen LogP contribution in [0, 0.1) is 0 Å². The van der Waals surface area contributed by atoms with E-state index in [0.29, 0.717) is 11.4 Å². The first kappa shape index (κ1) is 20.6. The number of benzene rings is 1. The van der Waals surface area contributed by atoms with Gasteiger partial charge in [-0.3, -0.25) is 0 Å². The fourth-order valence-corrected chi connectivity index (χ4v) is 3.18. The Hall–Kier alpha value is -1.42. The SMILES string of the molecule is CCCCCCc1c(Cl)cc(OC(=O)O)c(O)c1CCCCCC. The highest BCUT2D eigenvalue weighted by molar-refractivity contribution is 6.31. The summed E-state index contributed by atoms with van der Waals surface area (Å²) in [5.74, 6) is -0.154. The molecule has 1 rings (SSSR count). The van der Waals surface area contributed by atoms with Gasteiger partial charge >= 0.3 is 6.16 Å². The highest BCUT2D eigenvalue weighted by atomic mass is 35.5. The molecule has 0 atom stereocenters. The monoisotopic (exact) mass is 356 g/mol. The van der Waals surface area contributed by atoms with Crippen molar-refractivity contribution in [1.82, 2.24) is 0 Å². The molecule has 2 N–H and O–H groups in total. The number of hydrogen-bond acceptors (Lipinski definition) is 3. The van der Waals surface area contributed by atoms with Crippen LogP contribution < -0.4 is 4.74 Å². The molecule has 0 unspecified atom stereocenters. The lowest BCUT2D eigenvalue weighted by atomic mass is 9.95. The van der Waals surface area contributed by atoms with Crippen LogP contribution in [0.25, 0.3) is 0 Å². The molecule has 136 valence electrons. The molecule has 24 heavy (non-hydrogen) atoms. The van der Waals surface area contributed by atoms with Gasteiger partial charge in [0.05, 0.1) is 0 Å². The highest BCUT2D eigenvalue weighted by Crippen LogP contribution is 2.39. The number of aromatic hydroxyl groups is 1. The second-order valence-corrected chi connectivity index (χ2v) is 6.56. The maximum atomic E-state index is 10.8. The number of hydrogen-bond donors (Lipinski definition) is 2.